The molecule has 0 aromatic carbocycles. The fourth-order valence-electron chi connectivity index (χ4n) is 3.47. The molecule has 4 heterocycles. The van der Waals surface area contributed by atoms with Crippen molar-refractivity contribution in [1.29, 1.82) is 5.26 Å². The zero-order valence-electron chi connectivity index (χ0n) is 14.9. The minimum absolute atomic E-state index is 0.170. The number of fused-ring (bicyclic) bond motifs is 1. The molecule has 1 aliphatic rings. The van der Waals surface area contributed by atoms with E-state index < -0.39 is 0 Å². The smallest absolute Gasteiger partial charge is 0.238 e. The van der Waals surface area contributed by atoms with E-state index in [1.54, 1.807) is 23.0 Å². The Bertz CT molecular complexity index is 1010. The SMILES string of the molecule is N#CCC(=O)Nc1ccn2ncc(-c3cccc(C4CCCNC4)n3)c2c1. The van der Waals surface area contributed by atoms with E-state index in [0.29, 0.717) is 11.6 Å². The van der Waals surface area contributed by atoms with Gasteiger partial charge in [-0.25, -0.2) is 4.52 Å². The van der Waals surface area contributed by atoms with Crippen molar-refractivity contribution < 1.29 is 4.79 Å². The fourth-order valence-corrected chi connectivity index (χ4v) is 3.47. The van der Waals surface area contributed by atoms with E-state index in [0.717, 1.165) is 42.0 Å². The number of pyridine rings is 2. The lowest BCUT2D eigenvalue weighted by molar-refractivity contribution is -0.115. The maximum absolute atomic E-state index is 11.7. The molecule has 0 aliphatic carbocycles. The molecule has 2 N–H and O–H groups in total. The van der Waals surface area contributed by atoms with Gasteiger partial charge in [0.15, 0.2) is 0 Å². The van der Waals surface area contributed by atoms with Crippen molar-refractivity contribution in [2.24, 2.45) is 0 Å². The molecule has 1 aliphatic heterocycles. The van der Waals surface area contributed by atoms with Crippen molar-refractivity contribution >= 4 is 17.1 Å². The van der Waals surface area contributed by atoms with E-state index in [-0.39, 0.29) is 12.3 Å². The Morgan fingerprint density at radius 3 is 3.15 bits per heavy atom. The quantitative estimate of drug-likeness (QED) is 0.746. The van der Waals surface area contributed by atoms with Crippen molar-refractivity contribution in [3.05, 3.63) is 48.4 Å². The number of nitrogens with one attached hydrogen (secondary N) is 2. The van der Waals surface area contributed by atoms with Gasteiger partial charge in [-0.1, -0.05) is 6.07 Å². The number of hydrogen-bond donors (Lipinski definition) is 2. The Morgan fingerprint density at radius 1 is 1.41 bits per heavy atom. The Labute approximate surface area is 157 Å². The average molecular weight is 360 g/mol. The van der Waals surface area contributed by atoms with Crippen molar-refractivity contribution in [3.8, 4) is 17.3 Å². The van der Waals surface area contributed by atoms with Gasteiger partial charge in [-0.3, -0.25) is 9.78 Å². The minimum atomic E-state index is -0.326. The highest BCUT2D eigenvalue weighted by Gasteiger charge is 2.18. The first-order valence-corrected chi connectivity index (χ1v) is 9.07. The maximum atomic E-state index is 11.7. The highest BCUT2D eigenvalue weighted by Crippen LogP contribution is 2.28. The monoisotopic (exact) mass is 360 g/mol. The van der Waals surface area contributed by atoms with E-state index in [1.807, 2.05) is 24.3 Å². The largest absolute Gasteiger partial charge is 0.325 e. The van der Waals surface area contributed by atoms with E-state index in [9.17, 15) is 4.79 Å². The van der Waals surface area contributed by atoms with Crippen LogP contribution in [0.25, 0.3) is 16.8 Å². The summed E-state index contributed by atoms with van der Waals surface area (Å²) in [6, 6.07) is 11.6. The van der Waals surface area contributed by atoms with Crippen molar-refractivity contribution in [2.75, 3.05) is 18.4 Å². The van der Waals surface area contributed by atoms with Gasteiger partial charge in [0.05, 0.1) is 23.5 Å². The Morgan fingerprint density at radius 2 is 2.33 bits per heavy atom. The van der Waals surface area contributed by atoms with Crippen LogP contribution in [0.3, 0.4) is 0 Å². The third-order valence-corrected chi connectivity index (χ3v) is 4.81. The van der Waals surface area contributed by atoms with Crippen LogP contribution >= 0.6 is 0 Å². The first kappa shape index (κ1) is 17.2. The number of rotatable bonds is 4. The van der Waals surface area contributed by atoms with Gasteiger partial charge in [-0.2, -0.15) is 10.4 Å². The molecule has 3 aromatic heterocycles. The molecular weight excluding hydrogens is 340 g/mol. The average Bonchev–Trinajstić information content (AvgIpc) is 3.12. The summed E-state index contributed by atoms with van der Waals surface area (Å²) in [4.78, 5) is 16.6. The van der Waals surface area contributed by atoms with Gasteiger partial charge in [0.2, 0.25) is 5.91 Å². The number of aromatic nitrogens is 3. The predicted molar refractivity (Wildman–Crippen MR) is 102 cm³/mol. The van der Waals surface area contributed by atoms with Gasteiger partial charge < -0.3 is 10.6 Å². The summed E-state index contributed by atoms with van der Waals surface area (Å²) in [5.41, 5.74) is 4.37. The molecule has 1 amide bonds. The highest BCUT2D eigenvalue weighted by molar-refractivity contribution is 5.93. The number of hydrogen-bond acceptors (Lipinski definition) is 5. The molecule has 0 spiro atoms. The molecule has 0 bridgehead atoms. The highest BCUT2D eigenvalue weighted by atomic mass is 16.1. The topological polar surface area (TPSA) is 95.1 Å². The molecule has 1 unspecified atom stereocenters. The first-order valence-electron chi connectivity index (χ1n) is 9.07. The number of piperidine rings is 1. The van der Waals surface area contributed by atoms with E-state index >= 15 is 0 Å². The zero-order valence-corrected chi connectivity index (χ0v) is 14.9. The molecule has 7 nitrogen and oxygen atoms in total. The summed E-state index contributed by atoms with van der Waals surface area (Å²) in [6.07, 6.45) is 5.72. The molecule has 0 saturated carbocycles. The summed E-state index contributed by atoms with van der Waals surface area (Å²) in [5.74, 6) is 0.106. The molecule has 1 saturated heterocycles. The standard InChI is InChI=1S/C20H20N6O/c21-8-6-20(27)24-15-7-10-26-19(11-15)16(13-23-26)18-5-1-4-17(25-18)14-3-2-9-22-12-14/h1,4-5,7,10-11,13-14,22H,2-3,6,9,12H2,(H,24,27). The molecule has 1 fully saturated rings. The normalized spacial score (nSPS) is 16.8. The van der Waals surface area contributed by atoms with Crippen LogP contribution in [0.15, 0.2) is 42.7 Å². The second kappa shape index (κ2) is 7.56. The summed E-state index contributed by atoms with van der Waals surface area (Å²) in [6.45, 7) is 2.03. The van der Waals surface area contributed by atoms with Crippen LogP contribution in [0.1, 0.15) is 30.9 Å². The number of nitriles is 1. The summed E-state index contributed by atoms with van der Waals surface area (Å²) < 4.78 is 1.76. The number of amides is 1. The lowest BCUT2D eigenvalue weighted by Crippen LogP contribution is -2.28. The van der Waals surface area contributed by atoms with Crippen LogP contribution < -0.4 is 10.6 Å². The lowest BCUT2D eigenvalue weighted by atomic mass is 9.95. The molecule has 3 aromatic rings. The van der Waals surface area contributed by atoms with E-state index in [4.69, 9.17) is 10.2 Å². The Hall–Kier alpha value is -3.24. The van der Waals surface area contributed by atoms with E-state index in [1.165, 1.54) is 6.42 Å². The summed E-state index contributed by atoms with van der Waals surface area (Å²) in [7, 11) is 0. The van der Waals surface area contributed by atoms with Crippen LogP contribution in [-0.2, 0) is 4.79 Å². The third-order valence-electron chi connectivity index (χ3n) is 4.81. The molecule has 7 heteroatoms. The molecule has 0 radical (unpaired) electrons. The van der Waals surface area contributed by atoms with Crippen LogP contribution in [0.4, 0.5) is 5.69 Å². The van der Waals surface area contributed by atoms with Crippen molar-refractivity contribution in [1.82, 2.24) is 19.9 Å². The fraction of sp³-hybridized carbons (Fsp3) is 0.300. The zero-order chi connectivity index (χ0) is 18.6. The summed E-state index contributed by atoms with van der Waals surface area (Å²) in [5, 5.41) is 19.2. The van der Waals surface area contributed by atoms with Crippen molar-refractivity contribution in [3.63, 3.8) is 0 Å². The third kappa shape index (κ3) is 3.66. The number of carbonyl (C=O) groups excluding carboxylic acids is 1. The van der Waals surface area contributed by atoms with Gasteiger partial charge in [0, 0.05) is 35.6 Å². The van der Waals surface area contributed by atoms with Gasteiger partial charge >= 0.3 is 0 Å². The van der Waals surface area contributed by atoms with Crippen LogP contribution in [0, 0.1) is 11.3 Å². The maximum Gasteiger partial charge on any atom is 0.238 e. The number of carbonyl (C=O) groups is 1. The molecular formula is C20H20N6O. The van der Waals surface area contributed by atoms with Crippen LogP contribution in [-0.4, -0.2) is 33.6 Å². The molecule has 1 atom stereocenters. The van der Waals surface area contributed by atoms with E-state index in [2.05, 4.69) is 21.8 Å². The summed E-state index contributed by atoms with van der Waals surface area (Å²) >= 11 is 0. The van der Waals surface area contributed by atoms with Gasteiger partial charge in [0.1, 0.15) is 6.42 Å². The molecule has 4 rings (SSSR count). The Balaban J connectivity index is 1.67. The molecule has 27 heavy (non-hydrogen) atoms. The van der Waals surface area contributed by atoms with Crippen molar-refractivity contribution in [2.45, 2.75) is 25.2 Å². The second-order valence-electron chi connectivity index (χ2n) is 6.68. The predicted octanol–water partition coefficient (Wildman–Crippen LogP) is 2.72. The second-order valence-corrected chi connectivity index (χ2v) is 6.68. The van der Waals surface area contributed by atoms with Gasteiger partial charge in [-0.05, 0) is 43.7 Å². The first-order chi connectivity index (χ1) is 13.2. The number of nitrogens with zero attached hydrogens (tertiary/aromatic N) is 4. The Kier molecular flexibility index (Phi) is 4.81. The van der Waals surface area contributed by atoms with Crippen LogP contribution in [0.2, 0.25) is 0 Å². The van der Waals surface area contributed by atoms with Gasteiger partial charge in [0.25, 0.3) is 0 Å². The van der Waals surface area contributed by atoms with Gasteiger partial charge in [-0.15, -0.1) is 0 Å². The minimum Gasteiger partial charge on any atom is -0.325 e. The lowest BCUT2D eigenvalue weighted by Gasteiger charge is -2.22. The number of anilines is 1. The molecule has 136 valence electrons. The van der Waals surface area contributed by atoms with Crippen LogP contribution in [0.5, 0.6) is 0 Å².